The quantitative estimate of drug-likeness (QED) is 0.132. The fourth-order valence-electron chi connectivity index (χ4n) is 3.81. The molecule has 3 rings (SSSR count). The summed E-state index contributed by atoms with van der Waals surface area (Å²) in [6, 6.07) is 15.3. The van der Waals surface area contributed by atoms with Gasteiger partial charge in [-0.25, -0.2) is 9.00 Å². The van der Waals surface area contributed by atoms with E-state index in [9.17, 15) is 18.6 Å². The van der Waals surface area contributed by atoms with E-state index in [1.165, 1.54) is 6.92 Å². The van der Waals surface area contributed by atoms with Crippen LogP contribution in [0.3, 0.4) is 0 Å². The van der Waals surface area contributed by atoms with Crippen molar-refractivity contribution >= 4 is 73.3 Å². The summed E-state index contributed by atoms with van der Waals surface area (Å²) in [6.45, 7) is 4.72. The highest BCUT2D eigenvalue weighted by atomic mass is 35.7. The van der Waals surface area contributed by atoms with Crippen LogP contribution in [0.2, 0.25) is 0 Å². The summed E-state index contributed by atoms with van der Waals surface area (Å²) in [7, 11) is 3.72. The van der Waals surface area contributed by atoms with Crippen LogP contribution in [0.15, 0.2) is 72.8 Å². The second-order valence-corrected chi connectivity index (χ2v) is 12.8. The fourth-order valence-corrected chi connectivity index (χ4v) is 5.34. The monoisotopic (exact) mass is 620 g/mol. The number of hydrogen-bond acceptors (Lipinski definition) is 6. The van der Waals surface area contributed by atoms with Crippen LogP contribution in [0.1, 0.15) is 24.2 Å². The summed E-state index contributed by atoms with van der Waals surface area (Å²) in [6.07, 6.45) is -1.09. The van der Waals surface area contributed by atoms with E-state index in [4.69, 9.17) is 55.0 Å². The number of rotatable bonds is 11. The standard InChI is InChI=1S/C25H24Cl4N2O6S/c1-15(2)19(24(34)37-14-25(26,27)28)31-22(33)18(23(31)38(29)35)30-21(32)20(17-11-7-4-8-12-17)36-13-16-9-5-3-6-10-16/h3-12,18-20,23H,1,13-14H2,2H3,(H,30,32). The Morgan fingerprint density at radius 1 is 1.11 bits per heavy atom. The van der Waals surface area contributed by atoms with E-state index in [-0.39, 0.29) is 12.2 Å². The number of nitrogens with one attached hydrogen (secondary N) is 1. The van der Waals surface area contributed by atoms with Crippen molar-refractivity contribution < 1.29 is 28.1 Å². The van der Waals surface area contributed by atoms with Gasteiger partial charge in [0.2, 0.25) is 9.70 Å². The molecular formula is C25H24Cl4N2O6S. The molecule has 5 unspecified atom stereocenters. The van der Waals surface area contributed by atoms with Crippen LogP contribution in [-0.4, -0.2) is 54.7 Å². The number of alkyl halides is 3. The molecule has 0 radical (unpaired) electrons. The van der Waals surface area contributed by atoms with Crippen molar-refractivity contribution in [2.75, 3.05) is 6.61 Å². The molecule has 1 heterocycles. The van der Waals surface area contributed by atoms with Gasteiger partial charge in [-0.1, -0.05) is 102 Å². The van der Waals surface area contributed by atoms with Crippen LogP contribution in [-0.2, 0) is 40.5 Å². The van der Waals surface area contributed by atoms with Crippen molar-refractivity contribution in [3.05, 3.63) is 83.9 Å². The van der Waals surface area contributed by atoms with Crippen molar-refractivity contribution in [3.63, 3.8) is 0 Å². The molecule has 2 amide bonds. The van der Waals surface area contributed by atoms with Gasteiger partial charge < -0.3 is 19.7 Å². The number of halogens is 4. The van der Waals surface area contributed by atoms with Gasteiger partial charge in [0, 0.05) is 0 Å². The highest BCUT2D eigenvalue weighted by molar-refractivity contribution is 8.08. The third-order valence-electron chi connectivity index (χ3n) is 5.51. The lowest BCUT2D eigenvalue weighted by Crippen LogP contribution is -2.75. The van der Waals surface area contributed by atoms with Gasteiger partial charge in [0.1, 0.15) is 22.7 Å². The summed E-state index contributed by atoms with van der Waals surface area (Å²) in [5.74, 6) is -2.32. The molecule has 1 N–H and O–H groups in total. The van der Waals surface area contributed by atoms with Gasteiger partial charge in [-0.2, -0.15) is 0 Å². The van der Waals surface area contributed by atoms with Crippen molar-refractivity contribution in [2.45, 2.75) is 40.9 Å². The second kappa shape index (κ2) is 13.3. The molecule has 2 aromatic rings. The molecule has 1 aliphatic rings. The van der Waals surface area contributed by atoms with Crippen LogP contribution in [0.25, 0.3) is 0 Å². The van der Waals surface area contributed by atoms with Gasteiger partial charge in [-0.15, -0.1) is 0 Å². The van der Waals surface area contributed by atoms with E-state index >= 15 is 0 Å². The molecule has 0 aliphatic carbocycles. The maximum absolute atomic E-state index is 13.3. The molecule has 1 fully saturated rings. The molecule has 8 nitrogen and oxygen atoms in total. The van der Waals surface area contributed by atoms with Crippen LogP contribution in [0.4, 0.5) is 0 Å². The summed E-state index contributed by atoms with van der Waals surface area (Å²) in [5.41, 5.74) is 1.57. The Morgan fingerprint density at radius 2 is 1.68 bits per heavy atom. The first-order valence-corrected chi connectivity index (χ1v) is 14.4. The molecule has 0 bridgehead atoms. The summed E-state index contributed by atoms with van der Waals surface area (Å²) in [4.78, 5) is 40.2. The first-order chi connectivity index (χ1) is 17.9. The van der Waals surface area contributed by atoms with Crippen LogP contribution in [0.5, 0.6) is 0 Å². The molecular weight excluding hydrogens is 598 g/mol. The molecule has 0 spiro atoms. The number of nitrogens with zero attached hydrogens (tertiary/aromatic N) is 1. The first-order valence-electron chi connectivity index (χ1n) is 11.2. The Kier molecular flexibility index (Phi) is 10.6. The number of carbonyl (C=O) groups is 3. The van der Waals surface area contributed by atoms with Crippen LogP contribution in [0, 0.1) is 0 Å². The number of esters is 1. The minimum Gasteiger partial charge on any atom is -0.459 e. The summed E-state index contributed by atoms with van der Waals surface area (Å²) in [5, 5.41) is 1.31. The third kappa shape index (κ3) is 7.71. The smallest absolute Gasteiger partial charge is 0.333 e. The number of likely N-dealkylation sites (tertiary alicyclic amines) is 1. The number of benzene rings is 2. The lowest BCUT2D eigenvalue weighted by molar-refractivity contribution is -0.163. The Labute approximate surface area is 242 Å². The zero-order valence-electron chi connectivity index (χ0n) is 20.0. The minimum absolute atomic E-state index is 0.121. The van der Waals surface area contributed by atoms with E-state index in [0.717, 1.165) is 10.5 Å². The lowest BCUT2D eigenvalue weighted by atomic mass is 9.98. The molecule has 1 aliphatic heterocycles. The SMILES string of the molecule is C=C(C)C(C(=O)OCC(Cl)(Cl)Cl)N1C(=O)C(NC(=O)C(OCc2ccccc2)c2ccccc2)C1S(=O)Cl. The predicted octanol–water partition coefficient (Wildman–Crippen LogP) is 4.36. The summed E-state index contributed by atoms with van der Waals surface area (Å²) < 4.78 is 21.5. The van der Waals surface area contributed by atoms with E-state index in [1.807, 2.05) is 30.3 Å². The van der Waals surface area contributed by atoms with E-state index in [0.29, 0.717) is 5.56 Å². The van der Waals surface area contributed by atoms with Gasteiger partial charge in [-0.05, 0) is 34.3 Å². The average Bonchev–Trinajstić information content (AvgIpc) is 2.86. The average molecular weight is 622 g/mol. The molecule has 5 atom stereocenters. The Bertz CT molecular complexity index is 1200. The predicted molar refractivity (Wildman–Crippen MR) is 147 cm³/mol. The van der Waals surface area contributed by atoms with Gasteiger partial charge in [-0.3, -0.25) is 9.59 Å². The van der Waals surface area contributed by atoms with Gasteiger partial charge in [0.15, 0.2) is 17.5 Å². The van der Waals surface area contributed by atoms with E-state index < -0.39 is 61.8 Å². The van der Waals surface area contributed by atoms with Crippen LogP contribution >= 0.6 is 45.5 Å². The highest BCUT2D eigenvalue weighted by Crippen LogP contribution is 2.33. The summed E-state index contributed by atoms with van der Waals surface area (Å²) >= 11 is 16.9. The molecule has 38 heavy (non-hydrogen) atoms. The van der Waals surface area contributed by atoms with Crippen molar-refractivity contribution in [1.82, 2.24) is 10.2 Å². The maximum Gasteiger partial charge on any atom is 0.333 e. The molecule has 204 valence electrons. The molecule has 0 saturated carbocycles. The Morgan fingerprint density at radius 3 is 2.21 bits per heavy atom. The molecule has 2 aromatic carbocycles. The highest BCUT2D eigenvalue weighted by Gasteiger charge is 2.56. The number of β-lactam (4-membered cyclic amide) rings is 1. The molecule has 0 aromatic heterocycles. The van der Waals surface area contributed by atoms with Gasteiger partial charge in [0.05, 0.1) is 6.61 Å². The number of amides is 2. The molecule has 13 heteroatoms. The minimum atomic E-state index is -2.19. The maximum atomic E-state index is 13.3. The number of carbonyl (C=O) groups excluding carboxylic acids is 3. The van der Waals surface area contributed by atoms with Gasteiger partial charge in [0.25, 0.3) is 5.91 Å². The molecule has 1 saturated heterocycles. The fraction of sp³-hybridized carbons (Fsp3) is 0.320. The zero-order chi connectivity index (χ0) is 28.0. The van der Waals surface area contributed by atoms with Crippen molar-refractivity contribution in [1.29, 1.82) is 0 Å². The Balaban J connectivity index is 1.79. The van der Waals surface area contributed by atoms with Gasteiger partial charge >= 0.3 is 5.97 Å². The second-order valence-electron chi connectivity index (χ2n) is 8.43. The van der Waals surface area contributed by atoms with E-state index in [2.05, 4.69) is 11.9 Å². The van der Waals surface area contributed by atoms with E-state index in [1.54, 1.807) is 30.3 Å². The van der Waals surface area contributed by atoms with Crippen LogP contribution < -0.4 is 5.32 Å². The third-order valence-corrected chi connectivity index (χ3v) is 7.27. The van der Waals surface area contributed by atoms with Crippen molar-refractivity contribution in [2.24, 2.45) is 0 Å². The first kappa shape index (κ1) is 30.4. The number of ether oxygens (including phenoxy) is 2. The Hall–Kier alpha value is -2.14. The lowest BCUT2D eigenvalue weighted by Gasteiger charge is -2.48. The van der Waals surface area contributed by atoms with Crippen molar-refractivity contribution in [3.8, 4) is 0 Å². The normalized spacial score (nSPS) is 19.6. The largest absolute Gasteiger partial charge is 0.459 e. The topological polar surface area (TPSA) is 102 Å². The number of hydrogen-bond donors (Lipinski definition) is 1. The zero-order valence-corrected chi connectivity index (χ0v) is 23.9.